The monoisotopic (exact) mass is 622 g/mol. The van der Waals surface area contributed by atoms with E-state index in [1.165, 1.54) is 38.4 Å². The molecule has 240 valence electrons. The Balaban J connectivity index is 1.95. The lowest BCUT2D eigenvalue weighted by atomic mass is 9.92. The van der Waals surface area contributed by atoms with Gasteiger partial charge in [-0.3, -0.25) is 18.7 Å². The summed E-state index contributed by atoms with van der Waals surface area (Å²) in [7, 11) is 0.255. The summed E-state index contributed by atoms with van der Waals surface area (Å²) in [4.78, 5) is 27.9. The molecule has 11 heteroatoms. The first-order chi connectivity index (χ1) is 19.5. The smallest absolute Gasteiger partial charge is 0.306 e. The van der Waals surface area contributed by atoms with Crippen LogP contribution in [0.1, 0.15) is 104 Å². The summed E-state index contributed by atoms with van der Waals surface area (Å²) in [6.45, 7) is 6.83. The number of likely N-dealkylation sites (tertiary alicyclic amines) is 1. The molecular formula is C30H55ClN2O7S. The third-order valence-electron chi connectivity index (χ3n) is 8.45. The van der Waals surface area contributed by atoms with Gasteiger partial charge in [-0.2, -0.15) is 0 Å². The zero-order valence-electron chi connectivity index (χ0n) is 25.8. The zero-order chi connectivity index (χ0) is 30.5. The number of likely N-dealkylation sites (N-methyl/N-ethyl adjacent to an activating group) is 1. The molecule has 2 rings (SSSR count). The van der Waals surface area contributed by atoms with Crippen molar-refractivity contribution >= 4 is 34.3 Å². The molecule has 2 saturated heterocycles. The Kier molecular flexibility index (Phi) is 16.7. The predicted octanol–water partition coefficient (Wildman–Crippen LogP) is 3.88. The van der Waals surface area contributed by atoms with Crippen molar-refractivity contribution in [3.63, 3.8) is 0 Å². The second kappa shape index (κ2) is 18.8. The number of carbonyl (C=O) groups excluding carboxylic acids is 2. The van der Waals surface area contributed by atoms with E-state index in [0.29, 0.717) is 12.3 Å². The van der Waals surface area contributed by atoms with Gasteiger partial charge in [-0.05, 0) is 39.2 Å². The van der Waals surface area contributed by atoms with Crippen molar-refractivity contribution < 1.29 is 33.5 Å². The number of nitrogens with one attached hydrogen (secondary N) is 1. The van der Waals surface area contributed by atoms with Gasteiger partial charge in [-0.1, -0.05) is 71.6 Å². The first-order valence-corrected chi connectivity index (χ1v) is 17.7. The fourth-order valence-electron chi connectivity index (χ4n) is 6.09. The van der Waals surface area contributed by atoms with E-state index < -0.39 is 58.0 Å². The molecule has 2 aliphatic heterocycles. The van der Waals surface area contributed by atoms with Crippen molar-refractivity contribution in [3.05, 3.63) is 0 Å². The van der Waals surface area contributed by atoms with Crippen LogP contribution in [0.5, 0.6) is 0 Å². The van der Waals surface area contributed by atoms with Crippen LogP contribution in [0.3, 0.4) is 0 Å². The number of alkyl halides is 1. The molecule has 2 fully saturated rings. The molecule has 10 atom stereocenters. The summed E-state index contributed by atoms with van der Waals surface area (Å²) in [5.74, 6) is -0.315. The molecule has 2 heterocycles. The number of carbonyl (C=O) groups is 2. The Morgan fingerprint density at radius 2 is 1.66 bits per heavy atom. The third-order valence-corrected chi connectivity index (χ3v) is 9.76. The van der Waals surface area contributed by atoms with Crippen LogP contribution in [0.2, 0.25) is 0 Å². The third kappa shape index (κ3) is 11.3. The van der Waals surface area contributed by atoms with Crippen molar-refractivity contribution in [1.29, 1.82) is 0 Å². The van der Waals surface area contributed by atoms with Crippen LogP contribution in [0.4, 0.5) is 0 Å². The van der Waals surface area contributed by atoms with E-state index in [4.69, 9.17) is 21.1 Å². The van der Waals surface area contributed by atoms with Crippen molar-refractivity contribution in [2.45, 2.75) is 152 Å². The first kappa shape index (κ1) is 36.4. The number of ether oxygens (including phenoxy) is 2. The van der Waals surface area contributed by atoms with Crippen molar-refractivity contribution in [2.24, 2.45) is 5.92 Å². The highest BCUT2D eigenvalue weighted by Gasteiger charge is 2.52. The van der Waals surface area contributed by atoms with E-state index in [2.05, 4.69) is 19.2 Å². The maximum absolute atomic E-state index is 13.3. The molecule has 0 aliphatic carbocycles. The lowest BCUT2D eigenvalue weighted by Crippen LogP contribution is -2.66. The highest BCUT2D eigenvalue weighted by molar-refractivity contribution is 7.84. The molecule has 2 aliphatic rings. The second-order valence-electron chi connectivity index (χ2n) is 12.0. The molecule has 0 aromatic rings. The van der Waals surface area contributed by atoms with E-state index in [1.807, 2.05) is 11.9 Å². The number of aliphatic hydroxyl groups is 2. The molecule has 0 bridgehead atoms. The topological polar surface area (TPSA) is 125 Å². The highest BCUT2D eigenvalue weighted by Crippen LogP contribution is 2.31. The van der Waals surface area contributed by atoms with Gasteiger partial charge in [0, 0.05) is 19.2 Å². The van der Waals surface area contributed by atoms with E-state index in [0.717, 1.165) is 45.1 Å². The van der Waals surface area contributed by atoms with Gasteiger partial charge in [0.25, 0.3) is 0 Å². The van der Waals surface area contributed by atoms with E-state index in [-0.39, 0.29) is 18.4 Å². The SMILES string of the molecule is CCCCCCCCCCCC(=O)O[C@@H]1[C@@H](O)[C@@H](O)[C@@H]([C@H](NC(=O)[C@@H]2C[C@@H](CCC)CN2C)[C@H](C)Cl)O[C@@H]1S(C)=O. The normalized spacial score (nSPS) is 31.0. The van der Waals surface area contributed by atoms with E-state index in [9.17, 15) is 24.0 Å². The molecule has 0 aromatic carbocycles. The van der Waals surface area contributed by atoms with Crippen LogP contribution < -0.4 is 5.32 Å². The van der Waals surface area contributed by atoms with Gasteiger partial charge >= 0.3 is 5.97 Å². The fraction of sp³-hybridized carbons (Fsp3) is 0.933. The number of halogens is 1. The van der Waals surface area contributed by atoms with Crippen LogP contribution in [0.25, 0.3) is 0 Å². The Morgan fingerprint density at radius 1 is 1.05 bits per heavy atom. The standard InChI is InChI=1S/C30H55ClN2O7S/c1-6-8-9-10-11-12-13-14-15-17-23(34)39-28-26(36)25(35)27(40-30(28)41(5)38)24(20(3)31)32-29(37)22-18-21(16-7-2)19-33(22)4/h20-22,24-28,30,35-36H,6-19H2,1-5H3,(H,32,37)/t20-,21+,22-,24+,25+,26-,27+,28+,30+,41?/m0/s1. The molecule has 0 aromatic heterocycles. The average Bonchev–Trinajstić information content (AvgIpc) is 3.29. The first-order valence-electron chi connectivity index (χ1n) is 15.7. The van der Waals surface area contributed by atoms with Crippen LogP contribution in [-0.2, 0) is 29.9 Å². The number of hydrogen-bond acceptors (Lipinski definition) is 8. The number of aliphatic hydroxyl groups excluding tert-OH is 2. The zero-order valence-corrected chi connectivity index (χ0v) is 27.3. The Hall–Kier alpha value is -0.780. The van der Waals surface area contributed by atoms with Gasteiger partial charge in [0.05, 0.1) is 28.3 Å². The molecule has 1 unspecified atom stereocenters. The van der Waals surface area contributed by atoms with Crippen LogP contribution in [0, 0.1) is 5.92 Å². The number of nitrogens with zero attached hydrogens (tertiary/aromatic N) is 1. The van der Waals surface area contributed by atoms with Gasteiger partial charge in [-0.15, -0.1) is 11.6 Å². The Labute approximate surface area is 254 Å². The quantitative estimate of drug-likeness (QED) is 0.119. The minimum atomic E-state index is -1.66. The summed E-state index contributed by atoms with van der Waals surface area (Å²) in [5.41, 5.74) is -1.18. The van der Waals surface area contributed by atoms with Crippen LogP contribution in [0.15, 0.2) is 0 Å². The van der Waals surface area contributed by atoms with Crippen molar-refractivity contribution in [3.8, 4) is 0 Å². The second-order valence-corrected chi connectivity index (χ2v) is 14.2. The molecule has 0 saturated carbocycles. The number of rotatable bonds is 18. The average molecular weight is 623 g/mol. The number of hydrogen-bond donors (Lipinski definition) is 3. The molecule has 41 heavy (non-hydrogen) atoms. The summed E-state index contributed by atoms with van der Waals surface area (Å²) >= 11 is 6.47. The molecule has 3 N–H and O–H groups in total. The minimum Gasteiger partial charge on any atom is -0.456 e. The Morgan fingerprint density at radius 3 is 2.22 bits per heavy atom. The van der Waals surface area contributed by atoms with E-state index >= 15 is 0 Å². The molecule has 0 spiro atoms. The lowest BCUT2D eigenvalue weighted by Gasteiger charge is -2.45. The largest absolute Gasteiger partial charge is 0.456 e. The summed E-state index contributed by atoms with van der Waals surface area (Å²) in [6.07, 6.45) is 8.90. The van der Waals surface area contributed by atoms with Gasteiger partial charge in [0.1, 0.15) is 18.3 Å². The van der Waals surface area contributed by atoms with Gasteiger partial charge < -0.3 is 25.0 Å². The number of amides is 1. The molecule has 9 nitrogen and oxygen atoms in total. The maximum atomic E-state index is 13.3. The summed E-state index contributed by atoms with van der Waals surface area (Å²) < 4.78 is 24.2. The molecular weight excluding hydrogens is 568 g/mol. The molecule has 1 amide bonds. The van der Waals surface area contributed by atoms with Gasteiger partial charge in [0.2, 0.25) is 5.91 Å². The molecule has 0 radical (unpaired) electrons. The van der Waals surface area contributed by atoms with Gasteiger partial charge in [0.15, 0.2) is 11.5 Å². The number of esters is 1. The van der Waals surface area contributed by atoms with Gasteiger partial charge in [-0.25, -0.2) is 0 Å². The number of unbranched alkanes of at least 4 members (excludes halogenated alkanes) is 8. The van der Waals surface area contributed by atoms with E-state index in [1.54, 1.807) is 6.92 Å². The maximum Gasteiger partial charge on any atom is 0.306 e. The van der Waals surface area contributed by atoms with Crippen LogP contribution in [-0.4, -0.2) is 98.4 Å². The Bertz CT molecular complexity index is 820. The van der Waals surface area contributed by atoms with Crippen LogP contribution >= 0.6 is 11.6 Å². The predicted molar refractivity (Wildman–Crippen MR) is 163 cm³/mol. The minimum absolute atomic E-state index is 0.174. The highest BCUT2D eigenvalue weighted by atomic mass is 35.5. The van der Waals surface area contributed by atoms with Crippen molar-refractivity contribution in [2.75, 3.05) is 19.8 Å². The van der Waals surface area contributed by atoms with Crippen molar-refractivity contribution in [1.82, 2.24) is 10.2 Å². The fourth-order valence-corrected chi connectivity index (χ4v) is 7.18. The summed E-state index contributed by atoms with van der Waals surface area (Å²) in [5, 5.41) is 24.3. The summed E-state index contributed by atoms with van der Waals surface area (Å²) in [6, 6.07) is -1.20. The lowest BCUT2D eigenvalue weighted by molar-refractivity contribution is -0.219.